The van der Waals surface area contributed by atoms with Crippen molar-refractivity contribution >= 4 is 58.3 Å². The zero-order valence-electron chi connectivity index (χ0n) is 15.5. The molecule has 2 aliphatic heterocycles. The lowest BCUT2D eigenvalue weighted by molar-refractivity contribution is -0.136. The molecule has 0 aliphatic carbocycles. The minimum Gasteiger partial charge on any atom is -0.483 e. The fourth-order valence-electron chi connectivity index (χ4n) is 3.16. The van der Waals surface area contributed by atoms with Crippen molar-refractivity contribution in [2.45, 2.75) is 25.3 Å². The summed E-state index contributed by atoms with van der Waals surface area (Å²) in [6, 6.07) is 3.28. The van der Waals surface area contributed by atoms with Gasteiger partial charge in [-0.2, -0.15) is 0 Å². The third-order valence-electron chi connectivity index (χ3n) is 4.57. The highest BCUT2D eigenvalue weighted by molar-refractivity contribution is 14.1. The van der Waals surface area contributed by atoms with E-state index < -0.39 is 42.2 Å². The quantitative estimate of drug-likeness (QED) is 0.244. The molecule has 1 atom stereocenters. The first-order valence-electron chi connectivity index (χ1n) is 8.97. The van der Waals surface area contributed by atoms with Gasteiger partial charge in [0, 0.05) is 19.4 Å². The molecule has 0 saturated carbocycles. The second kappa shape index (κ2) is 9.19. The Kier molecular flexibility index (Phi) is 6.64. The molecule has 2 heterocycles. The van der Waals surface area contributed by atoms with Crippen LogP contribution >= 0.6 is 22.9 Å². The summed E-state index contributed by atoms with van der Waals surface area (Å²) in [7, 11) is 0. The molecule has 0 radical (unpaired) electrons. The first-order chi connectivity index (χ1) is 14.3. The summed E-state index contributed by atoms with van der Waals surface area (Å²) >= 11 is 1.69. The fraction of sp³-hybridized carbons (Fsp3) is 0.333. The van der Waals surface area contributed by atoms with E-state index in [9.17, 15) is 28.8 Å². The number of carbonyl (C=O) groups excluding carboxylic acids is 6. The molecule has 12 heteroatoms. The molecular formula is C18H17IN4O7. The average molecular weight is 528 g/mol. The van der Waals surface area contributed by atoms with Crippen LogP contribution in [0.4, 0.5) is 0 Å². The standard InChI is InChI=1S/C18H17IN4O7/c19-22-13(25)6-7-20-14(26)8-30-11-3-1-2-9-15(11)18(29)23(17(9)28)10-4-5-12(24)21-16(10)27/h1-3,10H,4-8H2,(H,20,26)(H,22,25)(H,21,24,27). The first-order valence-corrected chi connectivity index (χ1v) is 10.0. The van der Waals surface area contributed by atoms with Crippen molar-refractivity contribution in [1.29, 1.82) is 0 Å². The second-order valence-corrected chi connectivity index (χ2v) is 7.07. The van der Waals surface area contributed by atoms with Gasteiger partial charge in [0.1, 0.15) is 11.8 Å². The molecule has 0 spiro atoms. The average Bonchev–Trinajstić information content (AvgIpc) is 2.97. The van der Waals surface area contributed by atoms with Crippen molar-refractivity contribution in [3.63, 3.8) is 0 Å². The molecule has 158 valence electrons. The Hall–Kier alpha value is -3.03. The molecule has 1 aromatic carbocycles. The molecule has 0 aromatic heterocycles. The highest BCUT2D eigenvalue weighted by atomic mass is 127. The van der Waals surface area contributed by atoms with Crippen molar-refractivity contribution in [3.05, 3.63) is 29.3 Å². The maximum atomic E-state index is 12.9. The van der Waals surface area contributed by atoms with E-state index in [0.29, 0.717) is 0 Å². The molecule has 30 heavy (non-hydrogen) atoms. The van der Waals surface area contributed by atoms with Crippen molar-refractivity contribution in [2.75, 3.05) is 13.2 Å². The van der Waals surface area contributed by atoms with Crippen LogP contribution < -0.4 is 18.9 Å². The molecule has 3 N–H and O–H groups in total. The Labute approximate surface area is 184 Å². The van der Waals surface area contributed by atoms with Crippen LogP contribution in [0, 0.1) is 0 Å². The van der Waals surface area contributed by atoms with Gasteiger partial charge in [0.05, 0.1) is 34.0 Å². The Morgan fingerprint density at radius 1 is 1.17 bits per heavy atom. The van der Waals surface area contributed by atoms with Gasteiger partial charge in [-0.3, -0.25) is 42.5 Å². The second-order valence-electron chi connectivity index (χ2n) is 6.53. The third kappa shape index (κ3) is 4.42. The highest BCUT2D eigenvalue weighted by Gasteiger charge is 2.46. The number of hydrogen-bond acceptors (Lipinski definition) is 7. The van der Waals surface area contributed by atoms with E-state index in [2.05, 4.69) is 14.2 Å². The number of ether oxygens (including phenoxy) is 1. The number of benzene rings is 1. The van der Waals surface area contributed by atoms with E-state index >= 15 is 0 Å². The molecule has 6 amide bonds. The number of carbonyl (C=O) groups is 6. The normalized spacial score (nSPS) is 18.0. The van der Waals surface area contributed by atoms with Crippen LogP contribution in [0.25, 0.3) is 0 Å². The van der Waals surface area contributed by atoms with Gasteiger partial charge in [-0.15, -0.1) is 0 Å². The van der Waals surface area contributed by atoms with Gasteiger partial charge >= 0.3 is 0 Å². The summed E-state index contributed by atoms with van der Waals surface area (Å²) in [5.41, 5.74) is 0.0191. The number of nitrogens with one attached hydrogen (secondary N) is 3. The first kappa shape index (κ1) is 21.7. The fourth-order valence-corrected chi connectivity index (χ4v) is 3.43. The monoisotopic (exact) mass is 528 g/mol. The van der Waals surface area contributed by atoms with Crippen LogP contribution in [0.5, 0.6) is 5.75 Å². The largest absolute Gasteiger partial charge is 0.483 e. The number of rotatable bonds is 7. The van der Waals surface area contributed by atoms with Crippen LogP contribution in [0.1, 0.15) is 40.0 Å². The highest BCUT2D eigenvalue weighted by Crippen LogP contribution is 2.33. The van der Waals surface area contributed by atoms with E-state index in [0.717, 1.165) is 4.90 Å². The number of nitrogens with zero attached hydrogens (tertiary/aromatic N) is 1. The molecule has 1 aromatic rings. The predicted octanol–water partition coefficient (Wildman–Crippen LogP) is -0.561. The van der Waals surface area contributed by atoms with Gasteiger partial charge in [-0.05, 0) is 18.6 Å². The van der Waals surface area contributed by atoms with Crippen molar-refractivity contribution in [3.8, 4) is 5.75 Å². The van der Waals surface area contributed by atoms with Gasteiger partial charge in [0.15, 0.2) is 6.61 Å². The maximum Gasteiger partial charge on any atom is 0.266 e. The zero-order chi connectivity index (χ0) is 21.8. The van der Waals surface area contributed by atoms with Gasteiger partial charge in [0.25, 0.3) is 17.7 Å². The maximum absolute atomic E-state index is 12.9. The van der Waals surface area contributed by atoms with Crippen molar-refractivity contribution in [1.82, 2.24) is 19.1 Å². The Bertz CT molecular complexity index is 948. The van der Waals surface area contributed by atoms with Crippen LogP contribution in [-0.2, 0) is 19.2 Å². The Morgan fingerprint density at radius 2 is 1.93 bits per heavy atom. The summed E-state index contributed by atoms with van der Waals surface area (Å²) < 4.78 is 7.82. The van der Waals surface area contributed by atoms with Crippen LogP contribution in [0.2, 0.25) is 0 Å². The summed E-state index contributed by atoms with van der Waals surface area (Å²) in [4.78, 5) is 72.9. The minimum absolute atomic E-state index is 0.0168. The number of imide groups is 2. The Balaban J connectivity index is 1.69. The van der Waals surface area contributed by atoms with Gasteiger partial charge in [-0.1, -0.05) is 6.07 Å². The third-order valence-corrected chi connectivity index (χ3v) is 5.17. The molecule has 2 aliphatic rings. The molecule has 3 rings (SSSR count). The zero-order valence-corrected chi connectivity index (χ0v) is 17.7. The summed E-state index contributed by atoms with van der Waals surface area (Å²) in [5, 5.41) is 4.62. The number of piperidine rings is 1. The molecule has 11 nitrogen and oxygen atoms in total. The number of fused-ring (bicyclic) bond motifs is 1. The lowest BCUT2D eigenvalue weighted by Crippen LogP contribution is -2.54. The lowest BCUT2D eigenvalue weighted by atomic mass is 10.0. The lowest BCUT2D eigenvalue weighted by Gasteiger charge is -2.27. The molecule has 0 bridgehead atoms. The molecule has 1 fully saturated rings. The smallest absolute Gasteiger partial charge is 0.266 e. The minimum atomic E-state index is -1.09. The summed E-state index contributed by atoms with van der Waals surface area (Å²) in [6.45, 7) is -0.313. The number of halogens is 1. The van der Waals surface area contributed by atoms with E-state index in [-0.39, 0.29) is 48.6 Å². The van der Waals surface area contributed by atoms with Crippen molar-refractivity contribution < 1.29 is 33.5 Å². The van der Waals surface area contributed by atoms with Gasteiger partial charge < -0.3 is 10.1 Å². The van der Waals surface area contributed by atoms with E-state index in [4.69, 9.17) is 4.74 Å². The summed E-state index contributed by atoms with van der Waals surface area (Å²) in [5.74, 6) is -3.27. The van der Waals surface area contributed by atoms with Crippen LogP contribution in [0.3, 0.4) is 0 Å². The summed E-state index contributed by atoms with van der Waals surface area (Å²) in [6.07, 6.45) is 0.159. The van der Waals surface area contributed by atoms with Gasteiger partial charge in [0.2, 0.25) is 17.7 Å². The Morgan fingerprint density at radius 3 is 2.63 bits per heavy atom. The SMILES string of the molecule is O=C(CCNC(=O)COc1cccc2c1C(=O)N(C1CCC(=O)NC1=O)C2=O)NI. The molecule has 1 unspecified atom stereocenters. The number of hydrogen-bond donors (Lipinski definition) is 3. The van der Waals surface area contributed by atoms with E-state index in [1.165, 1.54) is 18.2 Å². The molecule has 1 saturated heterocycles. The van der Waals surface area contributed by atoms with Crippen LogP contribution in [-0.4, -0.2) is 59.5 Å². The van der Waals surface area contributed by atoms with Crippen LogP contribution in [0.15, 0.2) is 18.2 Å². The topological polar surface area (TPSA) is 151 Å². The predicted molar refractivity (Wildman–Crippen MR) is 108 cm³/mol. The van der Waals surface area contributed by atoms with Gasteiger partial charge in [-0.25, -0.2) is 0 Å². The van der Waals surface area contributed by atoms with E-state index in [1.54, 1.807) is 22.9 Å². The van der Waals surface area contributed by atoms with Crippen molar-refractivity contribution in [2.24, 2.45) is 0 Å². The van der Waals surface area contributed by atoms with E-state index in [1.807, 2.05) is 0 Å². The molecular weight excluding hydrogens is 511 g/mol. The number of amides is 6.